The van der Waals surface area contributed by atoms with Crippen LogP contribution in [0.4, 0.5) is 11.4 Å². The average Bonchev–Trinajstić information content (AvgIpc) is 2.68. The van der Waals surface area contributed by atoms with Crippen LogP contribution in [0.15, 0.2) is 18.2 Å². The predicted molar refractivity (Wildman–Crippen MR) is 127 cm³/mol. The van der Waals surface area contributed by atoms with Crippen LogP contribution in [0.25, 0.3) is 0 Å². The Hall–Kier alpha value is -2.69. The standard InChI is InChI=1S/C26H36N2O3/c1-15(2)8-7-10-26(6)11-9-22-18(5)23(16(3)17(4)24(22)31-26)30-25(29)19-12-20(27)14-21(28)13-19/h12-15H,7-11,27-28H2,1-6H3. The Morgan fingerprint density at radius 2 is 1.74 bits per heavy atom. The molecule has 0 amide bonds. The van der Waals surface area contributed by atoms with Gasteiger partial charge in [0.05, 0.1) is 5.56 Å². The van der Waals surface area contributed by atoms with Gasteiger partial charge in [-0.25, -0.2) is 4.79 Å². The summed E-state index contributed by atoms with van der Waals surface area (Å²) in [7, 11) is 0. The fourth-order valence-corrected chi connectivity index (χ4v) is 4.44. The predicted octanol–water partition coefficient (Wildman–Crippen LogP) is 5.91. The number of hydrogen-bond acceptors (Lipinski definition) is 5. The van der Waals surface area contributed by atoms with Crippen LogP contribution in [0.3, 0.4) is 0 Å². The molecule has 0 fully saturated rings. The van der Waals surface area contributed by atoms with E-state index in [9.17, 15) is 4.79 Å². The van der Waals surface area contributed by atoms with Crippen molar-refractivity contribution in [2.45, 2.75) is 79.2 Å². The summed E-state index contributed by atoms with van der Waals surface area (Å²) in [6, 6.07) is 4.78. The van der Waals surface area contributed by atoms with E-state index in [1.165, 1.54) is 12.8 Å². The Morgan fingerprint density at radius 1 is 1.10 bits per heavy atom. The average molecular weight is 425 g/mol. The second kappa shape index (κ2) is 8.81. The van der Waals surface area contributed by atoms with Gasteiger partial charge in [0.25, 0.3) is 0 Å². The van der Waals surface area contributed by atoms with Crippen LogP contribution >= 0.6 is 0 Å². The fourth-order valence-electron chi connectivity index (χ4n) is 4.44. The molecular weight excluding hydrogens is 388 g/mol. The number of carbonyl (C=O) groups is 1. The molecule has 5 nitrogen and oxygen atoms in total. The second-order valence-electron chi connectivity index (χ2n) is 9.63. The van der Waals surface area contributed by atoms with Crippen LogP contribution in [-0.2, 0) is 6.42 Å². The minimum absolute atomic E-state index is 0.150. The van der Waals surface area contributed by atoms with Gasteiger partial charge in [0.1, 0.15) is 17.1 Å². The van der Waals surface area contributed by atoms with E-state index >= 15 is 0 Å². The van der Waals surface area contributed by atoms with Gasteiger partial charge >= 0.3 is 5.97 Å². The topological polar surface area (TPSA) is 87.6 Å². The van der Waals surface area contributed by atoms with Crippen molar-refractivity contribution in [2.24, 2.45) is 5.92 Å². The molecule has 0 saturated heterocycles. The fraction of sp³-hybridized carbons (Fsp3) is 0.500. The molecule has 1 unspecified atom stereocenters. The number of esters is 1. The monoisotopic (exact) mass is 424 g/mol. The first-order chi connectivity index (χ1) is 14.5. The van der Waals surface area contributed by atoms with Gasteiger partial charge in [-0.15, -0.1) is 0 Å². The molecule has 0 spiro atoms. The lowest BCUT2D eigenvalue weighted by Crippen LogP contribution is -2.37. The van der Waals surface area contributed by atoms with Gasteiger partial charge in [0, 0.05) is 16.9 Å². The molecule has 0 aromatic heterocycles. The smallest absolute Gasteiger partial charge is 0.343 e. The molecule has 4 N–H and O–H groups in total. The number of nitrogens with two attached hydrogens (primary N) is 2. The molecule has 3 rings (SSSR count). The third kappa shape index (κ3) is 4.97. The highest BCUT2D eigenvalue weighted by atomic mass is 16.5. The van der Waals surface area contributed by atoms with E-state index in [-0.39, 0.29) is 5.60 Å². The normalized spacial score (nSPS) is 17.9. The molecule has 0 radical (unpaired) electrons. The van der Waals surface area contributed by atoms with Crippen molar-refractivity contribution < 1.29 is 14.3 Å². The molecular formula is C26H36N2O3. The number of fused-ring (bicyclic) bond motifs is 1. The highest BCUT2D eigenvalue weighted by Crippen LogP contribution is 2.45. The lowest BCUT2D eigenvalue weighted by Gasteiger charge is -2.38. The summed E-state index contributed by atoms with van der Waals surface area (Å²) in [5.41, 5.74) is 16.8. The zero-order chi connectivity index (χ0) is 22.9. The Morgan fingerprint density at radius 3 is 2.35 bits per heavy atom. The molecule has 31 heavy (non-hydrogen) atoms. The first kappa shape index (κ1) is 23.0. The molecule has 0 aliphatic carbocycles. The number of anilines is 2. The molecule has 1 heterocycles. The number of carbonyl (C=O) groups excluding carboxylic acids is 1. The van der Waals surface area contributed by atoms with E-state index in [0.29, 0.717) is 28.6 Å². The Balaban J connectivity index is 1.88. The second-order valence-corrected chi connectivity index (χ2v) is 9.63. The van der Waals surface area contributed by atoms with Gasteiger partial charge in [-0.2, -0.15) is 0 Å². The zero-order valence-electron chi connectivity index (χ0n) is 19.7. The minimum atomic E-state index is -0.459. The minimum Gasteiger partial charge on any atom is -0.487 e. The van der Waals surface area contributed by atoms with Crippen molar-refractivity contribution in [2.75, 3.05) is 11.5 Å². The van der Waals surface area contributed by atoms with Crippen molar-refractivity contribution in [1.29, 1.82) is 0 Å². The van der Waals surface area contributed by atoms with Crippen molar-refractivity contribution in [1.82, 2.24) is 0 Å². The van der Waals surface area contributed by atoms with Crippen LogP contribution in [0, 0.1) is 26.7 Å². The molecule has 1 aliphatic rings. The van der Waals surface area contributed by atoms with Crippen LogP contribution < -0.4 is 20.9 Å². The molecule has 2 aromatic rings. The maximum absolute atomic E-state index is 12.8. The van der Waals surface area contributed by atoms with E-state index < -0.39 is 5.97 Å². The van der Waals surface area contributed by atoms with E-state index in [0.717, 1.165) is 47.3 Å². The molecule has 1 aliphatic heterocycles. The molecule has 2 aromatic carbocycles. The molecule has 168 valence electrons. The summed E-state index contributed by atoms with van der Waals surface area (Å²) in [6.45, 7) is 12.8. The third-order valence-electron chi connectivity index (χ3n) is 6.46. The van der Waals surface area contributed by atoms with Crippen molar-refractivity contribution in [3.05, 3.63) is 46.0 Å². The summed E-state index contributed by atoms with van der Waals surface area (Å²) >= 11 is 0. The maximum Gasteiger partial charge on any atom is 0.343 e. The number of rotatable bonds is 6. The summed E-state index contributed by atoms with van der Waals surface area (Å²) in [4.78, 5) is 12.8. The summed E-state index contributed by atoms with van der Waals surface area (Å²) in [5, 5.41) is 0. The Kier molecular flexibility index (Phi) is 6.54. The van der Waals surface area contributed by atoms with Crippen molar-refractivity contribution in [3.63, 3.8) is 0 Å². The van der Waals surface area contributed by atoms with Gasteiger partial charge < -0.3 is 20.9 Å². The zero-order valence-corrected chi connectivity index (χ0v) is 19.7. The first-order valence-electron chi connectivity index (χ1n) is 11.2. The molecule has 0 saturated carbocycles. The first-order valence-corrected chi connectivity index (χ1v) is 11.2. The third-order valence-corrected chi connectivity index (χ3v) is 6.46. The van der Waals surface area contributed by atoms with Crippen LogP contribution in [-0.4, -0.2) is 11.6 Å². The molecule has 0 bridgehead atoms. The number of benzene rings is 2. The van der Waals surface area contributed by atoms with E-state index in [4.69, 9.17) is 20.9 Å². The number of ether oxygens (including phenoxy) is 2. The summed E-state index contributed by atoms with van der Waals surface area (Å²) in [5.74, 6) is 1.81. The van der Waals surface area contributed by atoms with Crippen molar-refractivity contribution >= 4 is 17.3 Å². The Labute approximate surface area is 186 Å². The largest absolute Gasteiger partial charge is 0.487 e. The lowest BCUT2D eigenvalue weighted by atomic mass is 9.84. The maximum atomic E-state index is 12.8. The van der Waals surface area contributed by atoms with E-state index in [1.807, 2.05) is 20.8 Å². The van der Waals surface area contributed by atoms with Crippen molar-refractivity contribution in [3.8, 4) is 11.5 Å². The van der Waals surface area contributed by atoms with Gasteiger partial charge in [0.2, 0.25) is 0 Å². The number of hydrogen-bond donors (Lipinski definition) is 2. The quantitative estimate of drug-likeness (QED) is 0.342. The highest BCUT2D eigenvalue weighted by Gasteiger charge is 2.34. The number of nitrogen functional groups attached to an aromatic ring is 2. The highest BCUT2D eigenvalue weighted by molar-refractivity contribution is 5.93. The van der Waals surface area contributed by atoms with E-state index in [2.05, 4.69) is 20.8 Å². The summed E-state index contributed by atoms with van der Waals surface area (Å²) in [6.07, 6.45) is 5.30. The van der Waals surface area contributed by atoms with E-state index in [1.54, 1.807) is 18.2 Å². The van der Waals surface area contributed by atoms with Gasteiger partial charge in [-0.1, -0.05) is 20.3 Å². The SMILES string of the molecule is Cc1c(C)c2c(c(C)c1OC(=O)c1cc(N)cc(N)c1)CCC(C)(CCCC(C)C)O2. The molecule has 1 atom stereocenters. The molecule has 5 heteroatoms. The lowest BCUT2D eigenvalue weighted by molar-refractivity contribution is 0.0511. The van der Waals surface area contributed by atoms with Crippen LogP contribution in [0.2, 0.25) is 0 Å². The van der Waals surface area contributed by atoms with Gasteiger partial charge in [-0.05, 0) is 94.2 Å². The Bertz CT molecular complexity index is 977. The van der Waals surface area contributed by atoms with Crippen LogP contribution in [0.5, 0.6) is 11.5 Å². The van der Waals surface area contributed by atoms with Crippen LogP contribution in [0.1, 0.15) is 79.1 Å². The van der Waals surface area contributed by atoms with Gasteiger partial charge in [0.15, 0.2) is 0 Å². The summed E-state index contributed by atoms with van der Waals surface area (Å²) < 4.78 is 12.5. The van der Waals surface area contributed by atoms with Gasteiger partial charge in [-0.3, -0.25) is 0 Å².